The molecule has 0 aliphatic rings. The number of nitro benzene ring substituents is 1. The van der Waals surface area contributed by atoms with Crippen molar-refractivity contribution in [1.82, 2.24) is 0 Å². The van der Waals surface area contributed by atoms with Gasteiger partial charge in [0.25, 0.3) is 11.6 Å². The number of benzene rings is 3. The molecule has 1 aromatic heterocycles. The van der Waals surface area contributed by atoms with Gasteiger partial charge in [-0.2, -0.15) is 0 Å². The van der Waals surface area contributed by atoms with E-state index in [1.54, 1.807) is 54.6 Å². The Morgan fingerprint density at radius 1 is 0.882 bits per heavy atom. The molecular weight excluding hydrogens is 483 g/mol. The first-order valence-corrected chi connectivity index (χ1v) is 10.6. The number of rotatable bonds is 8. The lowest BCUT2D eigenvalue weighted by Crippen LogP contribution is -2.11. The molecule has 1 N–H and O–H groups in total. The summed E-state index contributed by atoms with van der Waals surface area (Å²) in [6.07, 6.45) is 0. The lowest BCUT2D eigenvalue weighted by atomic mass is 10.2. The van der Waals surface area contributed by atoms with Gasteiger partial charge >= 0.3 is 0 Å². The Morgan fingerprint density at radius 2 is 1.53 bits per heavy atom. The highest BCUT2D eigenvalue weighted by Gasteiger charge is 2.16. The van der Waals surface area contributed by atoms with Gasteiger partial charge < -0.3 is 19.2 Å². The quantitative estimate of drug-likeness (QED) is 0.205. The first-order chi connectivity index (χ1) is 16.4. The summed E-state index contributed by atoms with van der Waals surface area (Å²) in [6.45, 7) is 0.102. The van der Waals surface area contributed by atoms with E-state index in [-0.39, 0.29) is 29.5 Å². The van der Waals surface area contributed by atoms with Gasteiger partial charge in [0.15, 0.2) is 5.76 Å². The molecule has 0 atom stereocenters. The van der Waals surface area contributed by atoms with Crippen molar-refractivity contribution in [3.8, 4) is 17.2 Å². The predicted molar refractivity (Wildman–Crippen MR) is 127 cm³/mol. The van der Waals surface area contributed by atoms with E-state index >= 15 is 0 Å². The average molecular weight is 499 g/mol. The zero-order chi connectivity index (χ0) is 24.1. The Balaban J connectivity index is 1.45. The maximum atomic E-state index is 12.6. The van der Waals surface area contributed by atoms with E-state index in [0.717, 1.165) is 0 Å². The maximum Gasteiger partial charge on any atom is 0.291 e. The molecule has 1 heterocycles. The second kappa shape index (κ2) is 10.3. The Hall–Kier alpha value is -4.01. The summed E-state index contributed by atoms with van der Waals surface area (Å²) in [4.78, 5) is 23.4. The van der Waals surface area contributed by atoms with Crippen molar-refractivity contribution in [1.29, 1.82) is 0 Å². The van der Waals surface area contributed by atoms with Crippen LogP contribution in [0.4, 0.5) is 11.4 Å². The monoisotopic (exact) mass is 498 g/mol. The molecule has 0 bridgehead atoms. The molecule has 34 heavy (non-hydrogen) atoms. The normalized spacial score (nSPS) is 10.5. The number of non-ortho nitro benzene ring substituents is 1. The standard InChI is InChI=1S/C24H16Cl2N2O6/c25-15-1-5-19(6-2-15)32-14-21-9-10-23(34-21)24(29)27-17-11-18(28(30)31)13-22(12-17)33-20-7-3-16(26)4-8-20/h1-13H,14H2,(H,27,29). The van der Waals surface area contributed by atoms with Crippen LogP contribution >= 0.6 is 23.2 Å². The third-order valence-corrected chi connectivity index (χ3v) is 4.99. The second-order valence-corrected chi connectivity index (χ2v) is 7.86. The zero-order valence-electron chi connectivity index (χ0n) is 17.4. The van der Waals surface area contributed by atoms with E-state index in [2.05, 4.69) is 5.32 Å². The lowest BCUT2D eigenvalue weighted by Gasteiger charge is -2.09. The van der Waals surface area contributed by atoms with Gasteiger partial charge in [-0.05, 0) is 60.7 Å². The van der Waals surface area contributed by atoms with Gasteiger partial charge in [0.1, 0.15) is 29.6 Å². The average Bonchev–Trinajstić information content (AvgIpc) is 3.29. The van der Waals surface area contributed by atoms with Gasteiger partial charge in [-0.1, -0.05) is 23.2 Å². The summed E-state index contributed by atoms with van der Waals surface area (Å²) in [7, 11) is 0. The minimum atomic E-state index is -0.587. The lowest BCUT2D eigenvalue weighted by molar-refractivity contribution is -0.384. The number of halogens is 2. The summed E-state index contributed by atoms with van der Waals surface area (Å²) < 4.78 is 16.8. The van der Waals surface area contributed by atoms with Crippen molar-refractivity contribution in [3.63, 3.8) is 0 Å². The van der Waals surface area contributed by atoms with Gasteiger partial charge in [-0.25, -0.2) is 0 Å². The van der Waals surface area contributed by atoms with Crippen molar-refractivity contribution < 1.29 is 23.6 Å². The number of hydrogen-bond donors (Lipinski definition) is 1. The molecule has 10 heteroatoms. The Labute approximate surface area is 203 Å². The van der Waals surface area contributed by atoms with Crippen molar-refractivity contribution >= 4 is 40.5 Å². The van der Waals surface area contributed by atoms with E-state index in [4.69, 9.17) is 37.1 Å². The molecule has 0 saturated carbocycles. The van der Waals surface area contributed by atoms with E-state index in [1.165, 1.54) is 24.3 Å². The Bertz CT molecular complexity index is 1320. The van der Waals surface area contributed by atoms with Crippen molar-refractivity contribution in [2.24, 2.45) is 0 Å². The fourth-order valence-electron chi connectivity index (χ4n) is 2.91. The number of anilines is 1. The van der Waals surface area contributed by atoms with Crippen LogP contribution in [0.3, 0.4) is 0 Å². The van der Waals surface area contributed by atoms with Crippen molar-refractivity contribution in [2.45, 2.75) is 6.61 Å². The fraction of sp³-hybridized carbons (Fsp3) is 0.0417. The SMILES string of the molecule is O=C(Nc1cc(Oc2ccc(Cl)cc2)cc([N+](=O)[O-])c1)c1ccc(COc2ccc(Cl)cc2)o1. The molecule has 0 radical (unpaired) electrons. The highest BCUT2D eigenvalue weighted by atomic mass is 35.5. The van der Waals surface area contributed by atoms with E-state index in [9.17, 15) is 14.9 Å². The molecular formula is C24H16Cl2N2O6. The maximum absolute atomic E-state index is 12.6. The molecule has 0 unspecified atom stereocenters. The van der Waals surface area contributed by atoms with Crippen LogP contribution in [0.2, 0.25) is 10.0 Å². The van der Waals surface area contributed by atoms with Crippen LogP contribution in [-0.2, 0) is 6.61 Å². The number of nitrogens with one attached hydrogen (secondary N) is 1. The highest BCUT2D eigenvalue weighted by molar-refractivity contribution is 6.30. The second-order valence-electron chi connectivity index (χ2n) is 6.99. The Kier molecular flexibility index (Phi) is 7.01. The Morgan fingerprint density at radius 3 is 2.18 bits per heavy atom. The smallest absolute Gasteiger partial charge is 0.291 e. The first kappa shape index (κ1) is 23.2. The molecule has 1 amide bonds. The molecule has 0 aliphatic carbocycles. The van der Waals surface area contributed by atoms with Crippen LogP contribution in [0.25, 0.3) is 0 Å². The molecule has 0 spiro atoms. The number of nitro groups is 1. The van der Waals surface area contributed by atoms with E-state index < -0.39 is 10.8 Å². The zero-order valence-corrected chi connectivity index (χ0v) is 18.9. The number of carbonyl (C=O) groups excluding carboxylic acids is 1. The van der Waals surface area contributed by atoms with Crippen LogP contribution in [0, 0.1) is 10.1 Å². The number of carbonyl (C=O) groups is 1. The molecule has 0 aliphatic heterocycles. The largest absolute Gasteiger partial charge is 0.486 e. The fourth-order valence-corrected chi connectivity index (χ4v) is 3.17. The molecule has 0 fully saturated rings. The topological polar surface area (TPSA) is 104 Å². The molecule has 3 aromatic carbocycles. The number of amides is 1. The van der Waals surface area contributed by atoms with Gasteiger partial charge in [0.05, 0.1) is 16.7 Å². The summed E-state index contributed by atoms with van der Waals surface area (Å²) in [6, 6.07) is 20.3. The molecule has 172 valence electrons. The first-order valence-electron chi connectivity index (χ1n) is 9.87. The van der Waals surface area contributed by atoms with Crippen molar-refractivity contribution in [3.05, 3.63) is 111 Å². The van der Waals surface area contributed by atoms with Crippen molar-refractivity contribution in [2.75, 3.05) is 5.32 Å². The minimum Gasteiger partial charge on any atom is -0.486 e. The number of nitrogens with zero attached hydrogens (tertiary/aromatic N) is 1. The van der Waals surface area contributed by atoms with Crippen LogP contribution in [-0.4, -0.2) is 10.8 Å². The van der Waals surface area contributed by atoms with Gasteiger partial charge in [-0.3, -0.25) is 14.9 Å². The predicted octanol–water partition coefficient (Wildman–Crippen LogP) is 7.12. The van der Waals surface area contributed by atoms with Gasteiger partial charge in [0, 0.05) is 22.2 Å². The number of furan rings is 1. The summed E-state index contributed by atoms with van der Waals surface area (Å²) in [5.41, 5.74) is -0.0863. The number of hydrogen-bond acceptors (Lipinski definition) is 6. The third kappa shape index (κ3) is 6.06. The van der Waals surface area contributed by atoms with Crippen LogP contribution in [0.1, 0.15) is 16.3 Å². The summed E-state index contributed by atoms with van der Waals surface area (Å²) >= 11 is 11.7. The van der Waals surface area contributed by atoms with Gasteiger partial charge in [0.2, 0.25) is 0 Å². The van der Waals surface area contributed by atoms with Crippen LogP contribution in [0.15, 0.2) is 83.3 Å². The van der Waals surface area contributed by atoms with E-state index in [0.29, 0.717) is 27.3 Å². The minimum absolute atomic E-state index is 0.0152. The van der Waals surface area contributed by atoms with E-state index in [1.807, 2.05) is 0 Å². The molecule has 4 rings (SSSR count). The van der Waals surface area contributed by atoms with Crippen LogP contribution < -0.4 is 14.8 Å². The number of ether oxygens (including phenoxy) is 2. The summed E-state index contributed by atoms with van der Waals surface area (Å²) in [5, 5.41) is 15.1. The third-order valence-electron chi connectivity index (χ3n) is 4.49. The highest BCUT2D eigenvalue weighted by Crippen LogP contribution is 2.30. The molecule has 4 aromatic rings. The molecule has 8 nitrogen and oxygen atoms in total. The molecule has 0 saturated heterocycles. The van der Waals surface area contributed by atoms with Crippen LogP contribution in [0.5, 0.6) is 17.2 Å². The summed E-state index contributed by atoms with van der Waals surface area (Å²) in [5.74, 6) is 1.04. The van der Waals surface area contributed by atoms with Gasteiger partial charge in [-0.15, -0.1) is 0 Å².